The van der Waals surface area contributed by atoms with Crippen molar-refractivity contribution in [3.05, 3.63) is 39.9 Å². The largest absolute Gasteiger partial charge is 0.395 e. The molecule has 3 saturated carbocycles. The van der Waals surface area contributed by atoms with E-state index in [0.717, 1.165) is 23.8 Å². The summed E-state index contributed by atoms with van der Waals surface area (Å²) < 4.78 is 0. The molecule has 0 bridgehead atoms. The quantitative estimate of drug-likeness (QED) is 0.338. The van der Waals surface area contributed by atoms with E-state index in [1.807, 2.05) is 11.6 Å². The Morgan fingerprint density at radius 1 is 1.17 bits per heavy atom. The first-order chi connectivity index (χ1) is 17.2. The van der Waals surface area contributed by atoms with Crippen molar-refractivity contribution in [2.24, 2.45) is 29.1 Å². The van der Waals surface area contributed by atoms with Crippen LogP contribution in [0.5, 0.6) is 0 Å². The highest BCUT2D eigenvalue weighted by molar-refractivity contribution is 7.09. The number of thiazole rings is 1. The number of aliphatic hydroxyl groups is 3. The molecular formula is C31H49NO3S. The number of aromatic nitrogens is 1. The molecule has 0 amide bonds. The fraction of sp³-hybridized carbons (Fsp3) is 0.774. The Morgan fingerprint density at radius 3 is 2.56 bits per heavy atom. The molecule has 3 aliphatic carbocycles. The summed E-state index contributed by atoms with van der Waals surface area (Å²) in [7, 11) is 0. The highest BCUT2D eigenvalue weighted by atomic mass is 32.1. The Bertz CT molecular complexity index is 897. The van der Waals surface area contributed by atoms with Crippen LogP contribution < -0.4 is 0 Å². The van der Waals surface area contributed by atoms with Gasteiger partial charge in [0.1, 0.15) is 5.01 Å². The minimum Gasteiger partial charge on any atom is -0.395 e. The van der Waals surface area contributed by atoms with Gasteiger partial charge in [-0.15, -0.1) is 11.3 Å². The molecule has 0 aliphatic heterocycles. The first-order valence-electron chi connectivity index (χ1n) is 14.4. The highest BCUT2D eigenvalue weighted by Crippen LogP contribution is 2.60. The number of rotatable bonds is 9. The van der Waals surface area contributed by atoms with E-state index in [1.165, 1.54) is 44.1 Å². The van der Waals surface area contributed by atoms with Crippen molar-refractivity contribution in [1.29, 1.82) is 0 Å². The smallest absolute Gasteiger partial charge is 0.101 e. The predicted octanol–water partition coefficient (Wildman–Crippen LogP) is 6.81. The molecule has 1 heterocycles. The third kappa shape index (κ3) is 5.70. The van der Waals surface area contributed by atoms with Gasteiger partial charge in [-0.2, -0.15) is 0 Å². The lowest BCUT2D eigenvalue weighted by atomic mass is 9.60. The zero-order chi connectivity index (χ0) is 25.9. The summed E-state index contributed by atoms with van der Waals surface area (Å²) in [6.07, 6.45) is 17.3. The van der Waals surface area contributed by atoms with Crippen LogP contribution in [0.4, 0.5) is 0 Å². The number of hydrogen-bond donors (Lipinski definition) is 3. The normalized spacial score (nSPS) is 35.8. The van der Waals surface area contributed by atoms with Gasteiger partial charge in [0.15, 0.2) is 0 Å². The molecule has 4 nitrogen and oxygen atoms in total. The molecule has 3 fully saturated rings. The van der Waals surface area contributed by atoms with Crippen LogP contribution in [-0.2, 0) is 5.41 Å². The van der Waals surface area contributed by atoms with E-state index in [4.69, 9.17) is 0 Å². The molecule has 0 spiro atoms. The molecule has 2 unspecified atom stereocenters. The van der Waals surface area contributed by atoms with Crippen molar-refractivity contribution >= 4 is 11.3 Å². The maximum atomic E-state index is 10.4. The second-order valence-corrected chi connectivity index (χ2v) is 13.7. The topological polar surface area (TPSA) is 73.6 Å². The van der Waals surface area contributed by atoms with Gasteiger partial charge in [-0.3, -0.25) is 0 Å². The average Bonchev–Trinajstić information content (AvgIpc) is 3.48. The van der Waals surface area contributed by atoms with Crippen LogP contribution in [0.3, 0.4) is 0 Å². The third-order valence-corrected chi connectivity index (χ3v) is 11.3. The van der Waals surface area contributed by atoms with Crippen LogP contribution in [0, 0.1) is 29.1 Å². The van der Waals surface area contributed by atoms with E-state index >= 15 is 0 Å². The third-order valence-electron chi connectivity index (χ3n) is 10.3. The maximum absolute atomic E-state index is 10.4. The van der Waals surface area contributed by atoms with Gasteiger partial charge >= 0.3 is 0 Å². The van der Waals surface area contributed by atoms with Crippen molar-refractivity contribution < 1.29 is 15.3 Å². The predicted molar refractivity (Wildman–Crippen MR) is 149 cm³/mol. The van der Waals surface area contributed by atoms with E-state index in [0.29, 0.717) is 42.4 Å². The summed E-state index contributed by atoms with van der Waals surface area (Å²) >= 11 is 1.69. The lowest BCUT2D eigenvalue weighted by Gasteiger charge is -2.44. The van der Waals surface area contributed by atoms with E-state index in [1.54, 1.807) is 16.9 Å². The molecule has 5 heteroatoms. The van der Waals surface area contributed by atoms with Gasteiger partial charge in [-0.1, -0.05) is 63.8 Å². The van der Waals surface area contributed by atoms with Crippen LogP contribution in [0.15, 0.2) is 34.9 Å². The van der Waals surface area contributed by atoms with Crippen molar-refractivity contribution in [2.75, 3.05) is 6.61 Å². The minimum atomic E-state index is -0.400. The molecule has 3 N–H and O–H groups in total. The van der Waals surface area contributed by atoms with Gasteiger partial charge in [-0.25, -0.2) is 4.98 Å². The molecule has 3 aliphatic rings. The molecule has 0 saturated heterocycles. The number of allylic oxidation sites excluding steroid dienone is 3. The second-order valence-electron chi connectivity index (χ2n) is 12.8. The Morgan fingerprint density at radius 2 is 1.92 bits per heavy atom. The SMILES string of the molecule is CC(CCC[C@](CO)(c1nccs1)C(C)C)[C@H]1CCC2/C(=C\C=C3C[C@@H](O)C[C@@H](O)C3)CCC[C@@]21C. The van der Waals surface area contributed by atoms with Gasteiger partial charge in [0.05, 0.1) is 18.8 Å². The fourth-order valence-electron chi connectivity index (χ4n) is 8.13. The van der Waals surface area contributed by atoms with Crippen molar-refractivity contribution in [3.63, 3.8) is 0 Å². The highest BCUT2D eigenvalue weighted by Gasteiger charge is 2.50. The van der Waals surface area contributed by atoms with Gasteiger partial charge in [0.25, 0.3) is 0 Å². The van der Waals surface area contributed by atoms with Crippen molar-refractivity contribution in [2.45, 2.75) is 116 Å². The average molecular weight is 516 g/mol. The molecule has 36 heavy (non-hydrogen) atoms. The standard InChI is InChI=1S/C31H49NO3S/c1-21(2)31(20-33,29-32-15-16-36-29)14-5-7-22(3)27-11-12-28-24(8-6-13-30(27,28)4)10-9-23-17-25(34)19-26(35)18-23/h9-10,15-16,21-22,25-28,33-35H,5-8,11-14,17-20H2,1-4H3/b23-9?,24-10-/t22?,25-,26+,27-,28?,30-,31-/m1/s1. The van der Waals surface area contributed by atoms with E-state index in [-0.39, 0.29) is 12.0 Å². The first-order valence-corrected chi connectivity index (χ1v) is 15.3. The molecule has 0 radical (unpaired) electrons. The zero-order valence-electron chi connectivity index (χ0n) is 23.0. The summed E-state index contributed by atoms with van der Waals surface area (Å²) in [6.45, 7) is 9.66. The zero-order valence-corrected chi connectivity index (χ0v) is 23.8. The Labute approximate surface area is 222 Å². The first kappa shape index (κ1) is 28.0. The van der Waals surface area contributed by atoms with Crippen LogP contribution in [-0.4, -0.2) is 39.1 Å². The molecule has 1 aromatic rings. The van der Waals surface area contributed by atoms with Gasteiger partial charge in [0.2, 0.25) is 0 Å². The number of nitrogens with zero attached hydrogens (tertiary/aromatic N) is 1. The lowest BCUT2D eigenvalue weighted by molar-refractivity contribution is 0.0609. The van der Waals surface area contributed by atoms with E-state index in [2.05, 4.69) is 44.8 Å². The fourth-order valence-corrected chi connectivity index (χ4v) is 9.14. The summed E-state index contributed by atoms with van der Waals surface area (Å²) in [4.78, 5) is 4.61. The summed E-state index contributed by atoms with van der Waals surface area (Å²) in [5, 5.41) is 33.7. The van der Waals surface area contributed by atoms with Gasteiger partial charge < -0.3 is 15.3 Å². The van der Waals surface area contributed by atoms with Gasteiger partial charge in [0, 0.05) is 17.0 Å². The Balaban J connectivity index is 1.40. The molecule has 4 rings (SSSR count). The molecular weight excluding hydrogens is 466 g/mol. The summed E-state index contributed by atoms with van der Waals surface area (Å²) in [5.74, 6) is 2.46. The summed E-state index contributed by atoms with van der Waals surface area (Å²) in [6, 6.07) is 0. The van der Waals surface area contributed by atoms with Crippen LogP contribution in [0.1, 0.15) is 103 Å². The molecule has 202 valence electrons. The monoisotopic (exact) mass is 515 g/mol. The molecule has 1 aromatic heterocycles. The van der Waals surface area contributed by atoms with Crippen molar-refractivity contribution in [3.8, 4) is 0 Å². The number of aliphatic hydroxyl groups excluding tert-OH is 3. The van der Waals surface area contributed by atoms with E-state index in [9.17, 15) is 15.3 Å². The Kier molecular flexibility index (Phi) is 9.18. The van der Waals surface area contributed by atoms with Crippen LogP contribution >= 0.6 is 11.3 Å². The number of hydrogen-bond acceptors (Lipinski definition) is 5. The number of fused-ring (bicyclic) bond motifs is 1. The lowest BCUT2D eigenvalue weighted by Crippen LogP contribution is -2.37. The molecule has 7 atom stereocenters. The van der Waals surface area contributed by atoms with Crippen molar-refractivity contribution in [1.82, 2.24) is 4.98 Å². The second kappa shape index (κ2) is 11.8. The summed E-state index contributed by atoms with van der Waals surface area (Å²) in [5.41, 5.74) is 2.95. The van der Waals surface area contributed by atoms with Crippen LogP contribution in [0.2, 0.25) is 0 Å². The van der Waals surface area contributed by atoms with Gasteiger partial charge in [-0.05, 0) is 86.9 Å². The minimum absolute atomic E-state index is 0.174. The van der Waals surface area contributed by atoms with E-state index < -0.39 is 12.2 Å². The Hall–Kier alpha value is -1.01. The molecule has 0 aromatic carbocycles. The van der Waals surface area contributed by atoms with Crippen LogP contribution in [0.25, 0.3) is 0 Å². The maximum Gasteiger partial charge on any atom is 0.101 e.